The van der Waals surface area contributed by atoms with Crippen LogP contribution in [-0.2, 0) is 4.79 Å². The van der Waals surface area contributed by atoms with Crippen molar-refractivity contribution < 1.29 is 4.79 Å². The number of rotatable bonds is 6. The molecule has 2 aromatic rings. The van der Waals surface area contributed by atoms with Crippen LogP contribution in [-0.4, -0.2) is 18.2 Å². The van der Waals surface area contributed by atoms with E-state index in [1.54, 1.807) is 0 Å². The number of hydrogen-bond acceptors (Lipinski definition) is 3. The number of nitrogens with one attached hydrogen (secondary N) is 1. The van der Waals surface area contributed by atoms with Crippen molar-refractivity contribution in [2.45, 2.75) is 10.9 Å². The molecule has 104 valence electrons. The fourth-order valence-corrected chi connectivity index (χ4v) is 2.51. The van der Waals surface area contributed by atoms with Gasteiger partial charge >= 0.3 is 0 Å². The fourth-order valence-electron chi connectivity index (χ4n) is 1.76. The number of hydrogen-bond donors (Lipinski definition) is 2. The van der Waals surface area contributed by atoms with Crippen molar-refractivity contribution in [1.82, 2.24) is 5.32 Å². The predicted molar refractivity (Wildman–Crippen MR) is 83.5 cm³/mol. The number of carbonyl (C=O) groups is 1. The second-order valence-electron chi connectivity index (χ2n) is 4.42. The van der Waals surface area contributed by atoms with Gasteiger partial charge in [0.1, 0.15) is 0 Å². The van der Waals surface area contributed by atoms with Gasteiger partial charge in [-0.05, 0) is 17.7 Å². The molecule has 0 fully saturated rings. The van der Waals surface area contributed by atoms with Crippen molar-refractivity contribution in [2.75, 3.05) is 12.3 Å². The van der Waals surface area contributed by atoms with Gasteiger partial charge < -0.3 is 11.1 Å². The summed E-state index contributed by atoms with van der Waals surface area (Å²) in [5, 5.41) is 2.87. The van der Waals surface area contributed by atoms with Crippen molar-refractivity contribution in [3.63, 3.8) is 0 Å². The summed E-state index contributed by atoms with van der Waals surface area (Å²) < 4.78 is 0. The zero-order valence-electron chi connectivity index (χ0n) is 11.2. The van der Waals surface area contributed by atoms with Crippen LogP contribution < -0.4 is 11.1 Å². The van der Waals surface area contributed by atoms with Gasteiger partial charge in [0, 0.05) is 17.5 Å². The molecule has 0 radical (unpaired) electrons. The van der Waals surface area contributed by atoms with E-state index in [-0.39, 0.29) is 11.9 Å². The average molecular weight is 286 g/mol. The van der Waals surface area contributed by atoms with E-state index in [0.29, 0.717) is 12.3 Å². The highest BCUT2D eigenvalue weighted by Gasteiger charge is 2.08. The minimum Gasteiger partial charge on any atom is -0.353 e. The van der Waals surface area contributed by atoms with Crippen LogP contribution in [0, 0.1) is 0 Å². The average Bonchev–Trinajstić information content (AvgIpc) is 2.52. The SMILES string of the molecule is NC(CNC(=O)CSc1ccccc1)c1ccccc1. The lowest BCUT2D eigenvalue weighted by molar-refractivity contribution is -0.118. The quantitative estimate of drug-likeness (QED) is 0.803. The molecule has 0 saturated heterocycles. The molecule has 3 N–H and O–H groups in total. The van der Waals surface area contributed by atoms with E-state index >= 15 is 0 Å². The molecule has 0 aliphatic carbocycles. The number of nitrogens with two attached hydrogens (primary N) is 1. The maximum absolute atomic E-state index is 11.8. The summed E-state index contributed by atoms with van der Waals surface area (Å²) in [6, 6.07) is 19.5. The highest BCUT2D eigenvalue weighted by molar-refractivity contribution is 8.00. The summed E-state index contributed by atoms with van der Waals surface area (Å²) in [5.41, 5.74) is 7.06. The Bertz CT molecular complexity index is 531. The van der Waals surface area contributed by atoms with Crippen LogP contribution >= 0.6 is 11.8 Å². The molecule has 0 aliphatic rings. The first-order chi connectivity index (χ1) is 9.75. The second-order valence-corrected chi connectivity index (χ2v) is 5.47. The van der Waals surface area contributed by atoms with Gasteiger partial charge in [0.05, 0.1) is 5.75 Å². The Morgan fingerprint density at radius 2 is 1.65 bits per heavy atom. The Balaban J connectivity index is 1.73. The number of benzene rings is 2. The van der Waals surface area contributed by atoms with E-state index in [2.05, 4.69) is 5.32 Å². The molecule has 3 nitrogen and oxygen atoms in total. The molecule has 0 saturated carbocycles. The molecule has 2 aromatic carbocycles. The summed E-state index contributed by atoms with van der Waals surface area (Å²) in [7, 11) is 0. The van der Waals surface area contributed by atoms with Crippen LogP contribution in [0.2, 0.25) is 0 Å². The fraction of sp³-hybridized carbons (Fsp3) is 0.188. The lowest BCUT2D eigenvalue weighted by atomic mass is 10.1. The van der Waals surface area contributed by atoms with Crippen molar-refractivity contribution in [3.8, 4) is 0 Å². The van der Waals surface area contributed by atoms with Crippen LogP contribution in [0.15, 0.2) is 65.6 Å². The predicted octanol–water partition coefficient (Wildman–Crippen LogP) is 2.59. The van der Waals surface area contributed by atoms with E-state index < -0.39 is 0 Å². The van der Waals surface area contributed by atoms with Crippen LogP contribution in [0.4, 0.5) is 0 Å². The lowest BCUT2D eigenvalue weighted by Crippen LogP contribution is -2.32. The number of carbonyl (C=O) groups excluding carboxylic acids is 1. The molecule has 0 aliphatic heterocycles. The molecule has 4 heteroatoms. The van der Waals surface area contributed by atoms with Crippen molar-refractivity contribution in [3.05, 3.63) is 66.2 Å². The maximum atomic E-state index is 11.8. The molecular formula is C16H18N2OS. The second kappa shape index (κ2) is 7.72. The Morgan fingerprint density at radius 1 is 1.05 bits per heavy atom. The number of amides is 1. The topological polar surface area (TPSA) is 55.1 Å². The van der Waals surface area contributed by atoms with Crippen molar-refractivity contribution in [1.29, 1.82) is 0 Å². The zero-order chi connectivity index (χ0) is 14.2. The van der Waals surface area contributed by atoms with Crippen molar-refractivity contribution >= 4 is 17.7 Å². The Kier molecular flexibility index (Phi) is 5.65. The minimum absolute atomic E-state index is 0.00485. The van der Waals surface area contributed by atoms with E-state index in [4.69, 9.17) is 5.73 Å². The first kappa shape index (κ1) is 14.6. The van der Waals surface area contributed by atoms with E-state index in [1.165, 1.54) is 11.8 Å². The highest BCUT2D eigenvalue weighted by atomic mass is 32.2. The first-order valence-corrected chi connectivity index (χ1v) is 7.49. The lowest BCUT2D eigenvalue weighted by Gasteiger charge is -2.13. The van der Waals surface area contributed by atoms with Crippen LogP contribution in [0.1, 0.15) is 11.6 Å². The Morgan fingerprint density at radius 3 is 2.30 bits per heavy atom. The van der Waals surface area contributed by atoms with Gasteiger partial charge in [0.2, 0.25) is 5.91 Å². The van der Waals surface area contributed by atoms with Gasteiger partial charge in [-0.3, -0.25) is 4.79 Å². The minimum atomic E-state index is -0.165. The summed E-state index contributed by atoms with van der Waals surface area (Å²) in [6.45, 7) is 0.457. The molecule has 2 rings (SSSR count). The summed E-state index contributed by atoms with van der Waals surface area (Å²) >= 11 is 1.52. The first-order valence-electron chi connectivity index (χ1n) is 6.51. The molecule has 20 heavy (non-hydrogen) atoms. The van der Waals surface area contributed by atoms with Gasteiger partial charge in [-0.25, -0.2) is 0 Å². The maximum Gasteiger partial charge on any atom is 0.230 e. The standard InChI is InChI=1S/C16H18N2OS/c17-15(13-7-3-1-4-8-13)11-18-16(19)12-20-14-9-5-2-6-10-14/h1-10,15H,11-12,17H2,(H,18,19). The summed E-state index contributed by atoms with van der Waals surface area (Å²) in [6.07, 6.45) is 0. The molecule has 0 aromatic heterocycles. The molecule has 1 amide bonds. The van der Waals surface area contributed by atoms with Crippen molar-refractivity contribution in [2.24, 2.45) is 5.73 Å². The molecule has 1 unspecified atom stereocenters. The molecule has 0 bridgehead atoms. The summed E-state index contributed by atoms with van der Waals surface area (Å²) in [5.74, 6) is 0.413. The van der Waals surface area contributed by atoms with Crippen LogP contribution in [0.25, 0.3) is 0 Å². The van der Waals surface area contributed by atoms with Crippen LogP contribution in [0.3, 0.4) is 0 Å². The van der Waals surface area contributed by atoms with Crippen LogP contribution in [0.5, 0.6) is 0 Å². The molecule has 0 spiro atoms. The number of thioether (sulfide) groups is 1. The summed E-state index contributed by atoms with van der Waals surface area (Å²) in [4.78, 5) is 12.9. The third kappa shape index (κ3) is 4.72. The molecular weight excluding hydrogens is 268 g/mol. The van der Waals surface area contributed by atoms with Gasteiger partial charge in [0.15, 0.2) is 0 Å². The zero-order valence-corrected chi connectivity index (χ0v) is 12.0. The molecule has 0 heterocycles. The third-order valence-corrected chi connectivity index (χ3v) is 3.87. The highest BCUT2D eigenvalue weighted by Crippen LogP contribution is 2.16. The Labute approximate surface area is 123 Å². The van der Waals surface area contributed by atoms with Gasteiger partial charge in [0.25, 0.3) is 0 Å². The monoisotopic (exact) mass is 286 g/mol. The largest absolute Gasteiger partial charge is 0.353 e. The van der Waals surface area contributed by atoms with E-state index in [1.807, 2.05) is 60.7 Å². The van der Waals surface area contributed by atoms with E-state index in [0.717, 1.165) is 10.5 Å². The smallest absolute Gasteiger partial charge is 0.230 e. The normalized spacial score (nSPS) is 11.8. The van der Waals surface area contributed by atoms with Gasteiger partial charge in [-0.15, -0.1) is 11.8 Å². The molecule has 1 atom stereocenters. The van der Waals surface area contributed by atoms with Gasteiger partial charge in [-0.1, -0.05) is 48.5 Å². The van der Waals surface area contributed by atoms with Gasteiger partial charge in [-0.2, -0.15) is 0 Å². The third-order valence-electron chi connectivity index (χ3n) is 2.86. The van der Waals surface area contributed by atoms with E-state index in [9.17, 15) is 4.79 Å². The Hall–Kier alpha value is -1.78.